The van der Waals surface area contributed by atoms with Gasteiger partial charge in [-0.15, -0.1) is 11.3 Å². The van der Waals surface area contributed by atoms with E-state index in [0.29, 0.717) is 13.2 Å². The Balaban J connectivity index is 2.02. The van der Waals surface area contributed by atoms with Gasteiger partial charge in [0.05, 0.1) is 12.2 Å². The number of aryl methyl sites for hydroxylation is 1. The molecule has 1 aromatic carbocycles. The van der Waals surface area contributed by atoms with E-state index in [1.54, 1.807) is 11.3 Å². The summed E-state index contributed by atoms with van der Waals surface area (Å²) in [4.78, 5) is 19.2. The van der Waals surface area contributed by atoms with E-state index in [1.165, 1.54) is 0 Å². The summed E-state index contributed by atoms with van der Waals surface area (Å²) in [6, 6.07) is 8.04. The van der Waals surface area contributed by atoms with E-state index < -0.39 is 0 Å². The molecule has 0 spiro atoms. The molecular weight excluding hydrogens is 358 g/mol. The molecule has 0 radical (unpaired) electrons. The highest BCUT2D eigenvalue weighted by atomic mass is 32.1. The van der Waals surface area contributed by atoms with Crippen molar-refractivity contribution in [3.8, 4) is 5.75 Å². The molecule has 0 bridgehead atoms. The zero-order valence-corrected chi connectivity index (χ0v) is 18.0. The SMILES string of the molecule is CC[C@@H](C)N(Cc1csc(COc2ccccc2C)n1)C(=O)NC(C)(C)C. The lowest BCUT2D eigenvalue weighted by Crippen LogP contribution is -2.50. The lowest BCUT2D eigenvalue weighted by Gasteiger charge is -2.32. The van der Waals surface area contributed by atoms with Gasteiger partial charge >= 0.3 is 6.03 Å². The highest BCUT2D eigenvalue weighted by Gasteiger charge is 2.24. The molecule has 0 saturated heterocycles. The van der Waals surface area contributed by atoms with Crippen LogP contribution in [0.4, 0.5) is 4.79 Å². The minimum atomic E-state index is -0.266. The van der Waals surface area contributed by atoms with E-state index in [4.69, 9.17) is 4.74 Å². The number of carbonyl (C=O) groups excluding carboxylic acids is 1. The van der Waals surface area contributed by atoms with Gasteiger partial charge in [-0.05, 0) is 52.7 Å². The average Bonchev–Trinajstić information content (AvgIpc) is 3.04. The van der Waals surface area contributed by atoms with Crippen LogP contribution in [0.2, 0.25) is 0 Å². The van der Waals surface area contributed by atoms with Crippen LogP contribution in [-0.2, 0) is 13.2 Å². The quantitative estimate of drug-likeness (QED) is 0.713. The molecule has 2 rings (SSSR count). The summed E-state index contributed by atoms with van der Waals surface area (Å²) in [6.07, 6.45) is 0.894. The summed E-state index contributed by atoms with van der Waals surface area (Å²) in [5.74, 6) is 0.875. The van der Waals surface area contributed by atoms with Crippen LogP contribution in [0.5, 0.6) is 5.75 Å². The molecule has 1 heterocycles. The number of para-hydroxylation sites is 1. The Morgan fingerprint density at radius 1 is 1.33 bits per heavy atom. The second-order valence-corrected chi connectivity index (χ2v) is 8.79. The molecule has 0 saturated carbocycles. The molecule has 0 aliphatic carbocycles. The van der Waals surface area contributed by atoms with Crippen LogP contribution in [0, 0.1) is 6.92 Å². The summed E-state index contributed by atoms with van der Waals surface area (Å²) >= 11 is 1.57. The van der Waals surface area contributed by atoms with Gasteiger partial charge in [0, 0.05) is 17.0 Å². The summed E-state index contributed by atoms with van der Waals surface area (Å²) in [7, 11) is 0. The van der Waals surface area contributed by atoms with Crippen LogP contribution in [0.25, 0.3) is 0 Å². The van der Waals surface area contributed by atoms with E-state index in [1.807, 2.05) is 62.2 Å². The van der Waals surface area contributed by atoms with E-state index in [-0.39, 0.29) is 17.6 Å². The Kier molecular flexibility index (Phi) is 7.25. The van der Waals surface area contributed by atoms with Crippen molar-refractivity contribution in [3.63, 3.8) is 0 Å². The topological polar surface area (TPSA) is 54.5 Å². The molecule has 5 nitrogen and oxygen atoms in total. The number of urea groups is 1. The van der Waals surface area contributed by atoms with Crippen LogP contribution in [0.3, 0.4) is 0 Å². The first-order chi connectivity index (χ1) is 12.7. The van der Waals surface area contributed by atoms with E-state index >= 15 is 0 Å². The monoisotopic (exact) mass is 389 g/mol. The van der Waals surface area contributed by atoms with Gasteiger partial charge in [0.2, 0.25) is 0 Å². The number of aromatic nitrogens is 1. The Labute approximate surface area is 166 Å². The molecule has 1 aromatic heterocycles. The van der Waals surface area contributed by atoms with Gasteiger partial charge in [0.1, 0.15) is 17.4 Å². The summed E-state index contributed by atoms with van der Waals surface area (Å²) in [5, 5.41) is 5.97. The predicted octanol–water partition coefficient (Wildman–Crippen LogP) is 5.14. The molecule has 0 fully saturated rings. The Morgan fingerprint density at radius 3 is 2.67 bits per heavy atom. The molecule has 0 unspecified atom stereocenters. The van der Waals surface area contributed by atoms with Crippen LogP contribution in [0.15, 0.2) is 29.6 Å². The Morgan fingerprint density at radius 2 is 2.04 bits per heavy atom. The third-order valence-corrected chi connectivity index (χ3v) is 5.11. The number of carbonyl (C=O) groups is 1. The van der Waals surface area contributed by atoms with Gasteiger partial charge in [-0.25, -0.2) is 9.78 Å². The number of nitrogens with zero attached hydrogens (tertiary/aromatic N) is 2. The molecule has 148 valence electrons. The largest absolute Gasteiger partial charge is 0.486 e. The lowest BCUT2D eigenvalue weighted by atomic mass is 10.1. The number of nitrogens with one attached hydrogen (secondary N) is 1. The van der Waals surface area contributed by atoms with Gasteiger partial charge in [-0.2, -0.15) is 0 Å². The van der Waals surface area contributed by atoms with Crippen molar-refractivity contribution in [1.29, 1.82) is 0 Å². The number of amides is 2. The summed E-state index contributed by atoms with van der Waals surface area (Å²) in [5.41, 5.74) is 1.74. The summed E-state index contributed by atoms with van der Waals surface area (Å²) in [6.45, 7) is 13.1. The first kappa shape index (κ1) is 21.2. The second kappa shape index (κ2) is 9.22. The molecule has 6 heteroatoms. The van der Waals surface area contributed by atoms with Crippen LogP contribution < -0.4 is 10.1 Å². The van der Waals surface area contributed by atoms with E-state index in [0.717, 1.165) is 28.4 Å². The fraction of sp³-hybridized carbons (Fsp3) is 0.524. The average molecular weight is 390 g/mol. The van der Waals surface area contributed by atoms with Crippen LogP contribution in [-0.4, -0.2) is 27.5 Å². The number of thiazole rings is 1. The molecule has 27 heavy (non-hydrogen) atoms. The lowest BCUT2D eigenvalue weighted by molar-refractivity contribution is 0.164. The van der Waals surface area contributed by atoms with E-state index in [9.17, 15) is 4.79 Å². The zero-order valence-electron chi connectivity index (χ0n) is 17.2. The van der Waals surface area contributed by atoms with Gasteiger partial charge in [0.25, 0.3) is 0 Å². The Hall–Kier alpha value is -2.08. The molecule has 2 amide bonds. The summed E-state index contributed by atoms with van der Waals surface area (Å²) < 4.78 is 5.88. The van der Waals surface area contributed by atoms with Crippen molar-refractivity contribution in [2.24, 2.45) is 0 Å². The van der Waals surface area contributed by atoms with Crippen molar-refractivity contribution in [3.05, 3.63) is 45.9 Å². The molecule has 0 aliphatic heterocycles. The number of benzene rings is 1. The standard InChI is InChI=1S/C21H31N3O2S/c1-7-16(3)24(20(25)23-21(4,5)6)12-17-14-27-19(22-17)13-26-18-11-9-8-10-15(18)2/h8-11,14,16H,7,12-13H2,1-6H3,(H,23,25)/t16-/m1/s1. The number of ether oxygens (including phenoxy) is 1. The highest BCUT2D eigenvalue weighted by molar-refractivity contribution is 7.09. The number of rotatable bonds is 7. The van der Waals surface area contributed by atoms with Gasteiger partial charge in [-0.3, -0.25) is 0 Å². The zero-order chi connectivity index (χ0) is 20.0. The fourth-order valence-corrected chi connectivity index (χ4v) is 3.26. The predicted molar refractivity (Wildman–Crippen MR) is 111 cm³/mol. The molecule has 2 aromatic rings. The fourth-order valence-electron chi connectivity index (χ4n) is 2.56. The highest BCUT2D eigenvalue weighted by Crippen LogP contribution is 2.20. The number of hydrogen-bond donors (Lipinski definition) is 1. The molecule has 1 N–H and O–H groups in total. The van der Waals surface area contributed by atoms with Crippen LogP contribution >= 0.6 is 11.3 Å². The smallest absolute Gasteiger partial charge is 0.318 e. The minimum absolute atomic E-state index is 0.0532. The van der Waals surface area contributed by atoms with Crippen molar-refractivity contribution >= 4 is 17.4 Å². The van der Waals surface area contributed by atoms with Crippen molar-refractivity contribution in [2.45, 2.75) is 72.7 Å². The minimum Gasteiger partial charge on any atom is -0.486 e. The van der Waals surface area contributed by atoms with Gasteiger partial charge in [-0.1, -0.05) is 25.1 Å². The van der Waals surface area contributed by atoms with Crippen molar-refractivity contribution < 1.29 is 9.53 Å². The normalized spacial score (nSPS) is 12.5. The van der Waals surface area contributed by atoms with Gasteiger partial charge in [0.15, 0.2) is 0 Å². The van der Waals surface area contributed by atoms with Crippen molar-refractivity contribution in [2.75, 3.05) is 0 Å². The first-order valence-corrected chi connectivity index (χ1v) is 10.3. The maximum absolute atomic E-state index is 12.7. The van der Waals surface area contributed by atoms with Crippen molar-refractivity contribution in [1.82, 2.24) is 15.2 Å². The van der Waals surface area contributed by atoms with Gasteiger partial charge < -0.3 is 15.0 Å². The molecule has 1 atom stereocenters. The first-order valence-electron chi connectivity index (χ1n) is 9.40. The third kappa shape index (κ3) is 6.54. The maximum Gasteiger partial charge on any atom is 0.318 e. The maximum atomic E-state index is 12.7. The number of hydrogen-bond acceptors (Lipinski definition) is 4. The van der Waals surface area contributed by atoms with Crippen LogP contribution in [0.1, 0.15) is 57.3 Å². The second-order valence-electron chi connectivity index (χ2n) is 7.85. The third-order valence-electron chi connectivity index (χ3n) is 4.24. The molecular formula is C21H31N3O2S. The Bertz CT molecular complexity index is 752. The van der Waals surface area contributed by atoms with E-state index in [2.05, 4.69) is 24.1 Å². The molecule has 0 aliphatic rings.